The smallest absolute Gasteiger partial charge is 0.411 e. The van der Waals surface area contributed by atoms with Crippen molar-refractivity contribution < 1.29 is 27.8 Å². The number of aliphatic hydroxyl groups excluding tert-OH is 1. The molecule has 2 N–H and O–H groups in total. The zero-order valence-corrected chi connectivity index (χ0v) is 18.3. The van der Waals surface area contributed by atoms with Gasteiger partial charge in [0.15, 0.2) is 9.84 Å². The van der Waals surface area contributed by atoms with Gasteiger partial charge in [0.2, 0.25) is 0 Å². The third-order valence-corrected chi connectivity index (χ3v) is 7.36. The molecule has 0 saturated carbocycles. The van der Waals surface area contributed by atoms with E-state index in [0.29, 0.717) is 16.6 Å². The van der Waals surface area contributed by atoms with Crippen LogP contribution in [0.4, 0.5) is 10.5 Å². The van der Waals surface area contributed by atoms with Gasteiger partial charge < -0.3 is 14.6 Å². The predicted molar refractivity (Wildman–Crippen MR) is 117 cm³/mol. The number of hydrogen-bond donors (Lipinski definition) is 2. The molecule has 0 unspecified atom stereocenters. The standard InChI is InChI=1S/C22H24N2O6S/c1-22(2,14-25)31(27,28)20-11-16-17(9-10-23-18(16)12-19(20)29-3)24-21(26)30-13-15-7-5-4-6-8-15/h4-12,25H,13-14H2,1-3H3,(H,23,24,26). The van der Waals surface area contributed by atoms with Crippen LogP contribution in [-0.4, -0.2) is 43.1 Å². The molecule has 0 saturated heterocycles. The maximum absolute atomic E-state index is 13.1. The van der Waals surface area contributed by atoms with Gasteiger partial charge in [0, 0.05) is 17.6 Å². The molecule has 0 atom stereocenters. The summed E-state index contributed by atoms with van der Waals surface area (Å²) >= 11 is 0. The third kappa shape index (κ3) is 4.62. The van der Waals surface area contributed by atoms with E-state index in [1.807, 2.05) is 30.3 Å². The SMILES string of the molecule is COc1cc2nccc(NC(=O)OCc3ccccc3)c2cc1S(=O)(=O)C(C)(C)CO. The van der Waals surface area contributed by atoms with E-state index in [0.717, 1.165) is 5.56 Å². The van der Waals surface area contributed by atoms with Crippen LogP contribution in [0.1, 0.15) is 19.4 Å². The van der Waals surface area contributed by atoms with Crippen molar-refractivity contribution in [1.82, 2.24) is 4.98 Å². The Morgan fingerprint density at radius 3 is 2.52 bits per heavy atom. The lowest BCUT2D eigenvalue weighted by Gasteiger charge is -2.23. The first-order chi connectivity index (χ1) is 14.7. The number of rotatable bonds is 7. The minimum absolute atomic E-state index is 0.0911. The first-order valence-electron chi connectivity index (χ1n) is 9.49. The number of fused-ring (bicyclic) bond motifs is 1. The van der Waals surface area contributed by atoms with Crippen LogP contribution in [0.5, 0.6) is 5.75 Å². The Bertz CT molecular complexity index is 1190. The number of pyridine rings is 1. The van der Waals surface area contributed by atoms with E-state index in [4.69, 9.17) is 9.47 Å². The van der Waals surface area contributed by atoms with Crippen LogP contribution < -0.4 is 10.1 Å². The average Bonchev–Trinajstić information content (AvgIpc) is 2.77. The minimum Gasteiger partial charge on any atom is -0.495 e. The van der Waals surface area contributed by atoms with E-state index in [9.17, 15) is 18.3 Å². The number of ether oxygens (including phenoxy) is 2. The van der Waals surface area contributed by atoms with Crippen LogP contribution in [-0.2, 0) is 21.2 Å². The number of hydrogen-bond acceptors (Lipinski definition) is 7. The Balaban J connectivity index is 1.97. The summed E-state index contributed by atoms with van der Waals surface area (Å²) in [6.45, 7) is 2.37. The van der Waals surface area contributed by atoms with Crippen molar-refractivity contribution in [1.29, 1.82) is 0 Å². The van der Waals surface area contributed by atoms with Crippen molar-refractivity contribution in [2.75, 3.05) is 19.0 Å². The molecule has 8 nitrogen and oxygen atoms in total. The molecule has 0 spiro atoms. The van der Waals surface area contributed by atoms with E-state index in [1.165, 1.54) is 39.3 Å². The van der Waals surface area contributed by atoms with Gasteiger partial charge in [0.05, 0.1) is 29.7 Å². The number of carbonyl (C=O) groups is 1. The molecule has 1 aromatic heterocycles. The molecule has 9 heteroatoms. The number of nitrogens with one attached hydrogen (secondary N) is 1. The number of carbonyl (C=O) groups excluding carboxylic acids is 1. The van der Waals surface area contributed by atoms with Crippen molar-refractivity contribution in [2.24, 2.45) is 0 Å². The molecule has 0 aliphatic rings. The Morgan fingerprint density at radius 1 is 1.16 bits per heavy atom. The Hall–Kier alpha value is -3.17. The van der Waals surface area contributed by atoms with Gasteiger partial charge in [-0.3, -0.25) is 10.3 Å². The second-order valence-electron chi connectivity index (χ2n) is 7.49. The summed E-state index contributed by atoms with van der Waals surface area (Å²) < 4.78 is 35.3. The summed E-state index contributed by atoms with van der Waals surface area (Å²) in [7, 11) is -2.60. The minimum atomic E-state index is -3.96. The summed E-state index contributed by atoms with van der Waals surface area (Å²) in [6.07, 6.45) is 0.799. The van der Waals surface area contributed by atoms with Gasteiger partial charge in [-0.15, -0.1) is 0 Å². The number of benzene rings is 2. The zero-order valence-electron chi connectivity index (χ0n) is 17.5. The van der Waals surface area contributed by atoms with Gasteiger partial charge in [-0.25, -0.2) is 13.2 Å². The van der Waals surface area contributed by atoms with Crippen molar-refractivity contribution in [3.8, 4) is 5.75 Å². The summed E-state index contributed by atoms with van der Waals surface area (Å²) in [5.74, 6) is 0.102. The quantitative estimate of drug-likeness (QED) is 0.573. The van der Waals surface area contributed by atoms with Crippen molar-refractivity contribution in [3.63, 3.8) is 0 Å². The van der Waals surface area contributed by atoms with Crippen molar-refractivity contribution in [3.05, 3.63) is 60.3 Å². The predicted octanol–water partition coefficient (Wildman–Crippen LogP) is 3.54. The van der Waals surface area contributed by atoms with Crippen LogP contribution in [0, 0.1) is 0 Å². The molecular formula is C22H24N2O6S. The molecule has 0 aliphatic heterocycles. The molecule has 0 fully saturated rings. The molecule has 31 heavy (non-hydrogen) atoms. The van der Waals surface area contributed by atoms with Gasteiger partial charge in [-0.05, 0) is 31.5 Å². The molecule has 0 bridgehead atoms. The number of aliphatic hydroxyl groups is 1. The number of sulfone groups is 1. The maximum atomic E-state index is 13.1. The number of amides is 1. The lowest BCUT2D eigenvalue weighted by Crippen LogP contribution is -2.36. The van der Waals surface area contributed by atoms with Crippen LogP contribution in [0.2, 0.25) is 0 Å². The Labute approximate surface area is 180 Å². The molecular weight excluding hydrogens is 420 g/mol. The number of anilines is 1. The van der Waals surface area contributed by atoms with E-state index in [2.05, 4.69) is 10.3 Å². The molecule has 3 aromatic rings. The summed E-state index contributed by atoms with van der Waals surface area (Å²) in [5, 5.41) is 12.6. The van der Waals surface area contributed by atoms with Crippen molar-refractivity contribution in [2.45, 2.75) is 30.1 Å². The highest BCUT2D eigenvalue weighted by Crippen LogP contribution is 2.36. The fraction of sp³-hybridized carbons (Fsp3) is 0.273. The number of aromatic nitrogens is 1. The van der Waals surface area contributed by atoms with Gasteiger partial charge >= 0.3 is 6.09 Å². The molecule has 164 valence electrons. The first kappa shape index (κ1) is 22.5. The van der Waals surface area contributed by atoms with Crippen LogP contribution >= 0.6 is 0 Å². The highest BCUT2D eigenvalue weighted by molar-refractivity contribution is 7.93. The van der Waals surface area contributed by atoms with Crippen LogP contribution in [0.25, 0.3) is 10.9 Å². The largest absolute Gasteiger partial charge is 0.495 e. The average molecular weight is 445 g/mol. The second-order valence-corrected chi connectivity index (χ2v) is 10.0. The van der Waals surface area contributed by atoms with Gasteiger partial charge in [-0.1, -0.05) is 30.3 Å². The van der Waals surface area contributed by atoms with E-state index in [1.54, 1.807) is 6.07 Å². The van der Waals surface area contributed by atoms with E-state index < -0.39 is 27.3 Å². The monoisotopic (exact) mass is 444 g/mol. The highest BCUT2D eigenvalue weighted by atomic mass is 32.2. The summed E-state index contributed by atoms with van der Waals surface area (Å²) in [4.78, 5) is 16.4. The van der Waals surface area contributed by atoms with Gasteiger partial charge in [-0.2, -0.15) is 0 Å². The Kier molecular flexibility index (Phi) is 6.47. The Morgan fingerprint density at radius 2 is 1.87 bits per heavy atom. The summed E-state index contributed by atoms with van der Waals surface area (Å²) in [5.41, 5.74) is 1.60. The fourth-order valence-corrected chi connectivity index (χ4v) is 4.33. The summed E-state index contributed by atoms with van der Waals surface area (Å²) in [6, 6.07) is 13.6. The molecule has 1 heterocycles. The molecule has 0 aliphatic carbocycles. The van der Waals surface area contributed by atoms with Crippen molar-refractivity contribution >= 4 is 32.5 Å². The maximum Gasteiger partial charge on any atom is 0.411 e. The second kappa shape index (κ2) is 8.91. The lowest BCUT2D eigenvalue weighted by atomic mass is 10.2. The van der Waals surface area contributed by atoms with E-state index in [-0.39, 0.29) is 17.3 Å². The molecule has 3 rings (SSSR count). The zero-order chi connectivity index (χ0) is 22.6. The fourth-order valence-electron chi connectivity index (χ4n) is 2.88. The number of nitrogens with zero attached hydrogens (tertiary/aromatic N) is 1. The van der Waals surface area contributed by atoms with Gasteiger partial charge in [0.1, 0.15) is 17.3 Å². The molecule has 1 amide bonds. The topological polar surface area (TPSA) is 115 Å². The first-order valence-corrected chi connectivity index (χ1v) is 11.0. The highest BCUT2D eigenvalue weighted by Gasteiger charge is 2.37. The molecule has 2 aromatic carbocycles. The van der Waals surface area contributed by atoms with Gasteiger partial charge in [0.25, 0.3) is 0 Å². The lowest BCUT2D eigenvalue weighted by molar-refractivity contribution is 0.155. The van der Waals surface area contributed by atoms with Crippen LogP contribution in [0.15, 0.2) is 59.6 Å². The molecule has 0 radical (unpaired) electrons. The number of methoxy groups -OCH3 is 1. The normalized spacial score (nSPS) is 11.9. The third-order valence-electron chi connectivity index (χ3n) is 4.87. The van der Waals surface area contributed by atoms with Crippen LogP contribution in [0.3, 0.4) is 0 Å². The van der Waals surface area contributed by atoms with E-state index >= 15 is 0 Å².